The first-order valence-electron chi connectivity index (χ1n) is 6.49. The van der Waals surface area contributed by atoms with Gasteiger partial charge in [-0.25, -0.2) is 4.98 Å². The van der Waals surface area contributed by atoms with Crippen LogP contribution in [0.15, 0.2) is 36.5 Å². The van der Waals surface area contributed by atoms with Gasteiger partial charge < -0.3 is 5.73 Å². The number of carbonyl (C=O) groups is 1. The Morgan fingerprint density at radius 2 is 1.84 bits per heavy atom. The Morgan fingerprint density at radius 1 is 1.21 bits per heavy atom. The Labute approximate surface area is 112 Å². The number of Topliss-reactive ketones (excluding diaryl/α,β-unsaturated/α-hetero) is 1. The van der Waals surface area contributed by atoms with Crippen LogP contribution in [-0.4, -0.2) is 10.8 Å². The van der Waals surface area contributed by atoms with E-state index in [9.17, 15) is 4.79 Å². The first-order chi connectivity index (χ1) is 9.16. The molecule has 19 heavy (non-hydrogen) atoms. The second-order valence-corrected chi connectivity index (χ2v) is 5.13. The van der Waals surface area contributed by atoms with E-state index in [0.29, 0.717) is 11.4 Å². The minimum Gasteiger partial charge on any atom is -0.383 e. The van der Waals surface area contributed by atoms with Gasteiger partial charge in [-0.1, -0.05) is 24.3 Å². The van der Waals surface area contributed by atoms with Gasteiger partial charge in [0.25, 0.3) is 0 Å². The van der Waals surface area contributed by atoms with Crippen LogP contribution in [0.4, 0.5) is 5.82 Å². The summed E-state index contributed by atoms with van der Waals surface area (Å²) >= 11 is 0. The van der Waals surface area contributed by atoms with Crippen molar-refractivity contribution in [3.63, 3.8) is 0 Å². The van der Waals surface area contributed by atoms with Crippen LogP contribution < -0.4 is 5.73 Å². The number of rotatable bonds is 2. The number of benzene rings is 1. The van der Waals surface area contributed by atoms with Gasteiger partial charge in [-0.3, -0.25) is 4.79 Å². The lowest BCUT2D eigenvalue weighted by Gasteiger charge is -2.12. The number of ketones is 1. The normalized spacial score (nSPS) is 14.4. The summed E-state index contributed by atoms with van der Waals surface area (Å²) in [4.78, 5) is 16.7. The first-order valence-corrected chi connectivity index (χ1v) is 6.49. The quantitative estimate of drug-likeness (QED) is 0.836. The molecule has 96 valence electrons. The third-order valence-electron chi connectivity index (χ3n) is 3.86. The molecular weight excluding hydrogens is 236 g/mol. The van der Waals surface area contributed by atoms with E-state index in [0.717, 1.165) is 18.4 Å². The number of nitrogen functional groups attached to an aromatic ring is 1. The summed E-state index contributed by atoms with van der Waals surface area (Å²) in [5.74, 6) is 0.475. The van der Waals surface area contributed by atoms with Gasteiger partial charge in [0.05, 0.1) is 5.56 Å². The van der Waals surface area contributed by atoms with E-state index in [1.165, 1.54) is 11.1 Å². The zero-order chi connectivity index (χ0) is 13.4. The fourth-order valence-electron chi connectivity index (χ4n) is 2.85. The molecule has 0 amide bonds. The van der Waals surface area contributed by atoms with Crippen LogP contribution in [0.2, 0.25) is 0 Å². The summed E-state index contributed by atoms with van der Waals surface area (Å²) in [5.41, 5.74) is 9.93. The number of fused-ring (bicyclic) bond motifs is 1. The summed E-state index contributed by atoms with van der Waals surface area (Å²) in [6.45, 7) is 1.91. The van der Waals surface area contributed by atoms with Crippen molar-refractivity contribution in [3.8, 4) is 0 Å². The van der Waals surface area contributed by atoms with Crippen molar-refractivity contribution in [2.45, 2.75) is 19.8 Å². The molecule has 2 aromatic rings. The van der Waals surface area contributed by atoms with Crippen molar-refractivity contribution >= 4 is 11.6 Å². The van der Waals surface area contributed by atoms with Crippen LogP contribution in [-0.2, 0) is 12.8 Å². The van der Waals surface area contributed by atoms with Crippen molar-refractivity contribution < 1.29 is 4.79 Å². The highest BCUT2D eigenvalue weighted by molar-refractivity contribution is 6.03. The molecule has 1 aromatic heterocycles. The highest BCUT2D eigenvalue weighted by Gasteiger charge is 2.29. The molecule has 1 aliphatic rings. The SMILES string of the molecule is Cc1ccnc(N)c1C(=O)C1Cc2ccccc2C1. The number of nitrogens with zero attached hydrogens (tertiary/aromatic N) is 1. The molecule has 2 N–H and O–H groups in total. The lowest BCUT2D eigenvalue weighted by Crippen LogP contribution is -2.18. The van der Waals surface area contributed by atoms with Gasteiger partial charge in [0.2, 0.25) is 0 Å². The van der Waals surface area contributed by atoms with Crippen LogP contribution in [0.1, 0.15) is 27.0 Å². The van der Waals surface area contributed by atoms with Gasteiger partial charge in [-0.05, 0) is 42.5 Å². The maximum absolute atomic E-state index is 12.6. The highest BCUT2D eigenvalue weighted by Crippen LogP contribution is 2.30. The third kappa shape index (κ3) is 2.01. The van der Waals surface area contributed by atoms with E-state index in [4.69, 9.17) is 5.73 Å². The summed E-state index contributed by atoms with van der Waals surface area (Å²) in [6, 6.07) is 10.1. The smallest absolute Gasteiger partial charge is 0.170 e. The molecule has 0 atom stereocenters. The van der Waals surface area contributed by atoms with Crippen LogP contribution in [0.5, 0.6) is 0 Å². The molecule has 1 aliphatic carbocycles. The number of aromatic nitrogens is 1. The van der Waals surface area contributed by atoms with Crippen molar-refractivity contribution in [3.05, 3.63) is 58.8 Å². The number of carbonyl (C=O) groups excluding carboxylic acids is 1. The van der Waals surface area contributed by atoms with E-state index < -0.39 is 0 Å². The predicted molar refractivity (Wildman–Crippen MR) is 75.1 cm³/mol. The number of anilines is 1. The van der Waals surface area contributed by atoms with E-state index in [-0.39, 0.29) is 11.7 Å². The molecule has 0 saturated carbocycles. The summed E-state index contributed by atoms with van der Waals surface area (Å²) in [6.07, 6.45) is 3.26. The monoisotopic (exact) mass is 252 g/mol. The van der Waals surface area contributed by atoms with Crippen molar-refractivity contribution in [1.29, 1.82) is 0 Å². The lowest BCUT2D eigenvalue weighted by atomic mass is 9.93. The molecule has 0 bridgehead atoms. The van der Waals surface area contributed by atoms with E-state index in [2.05, 4.69) is 17.1 Å². The number of aryl methyl sites for hydroxylation is 1. The van der Waals surface area contributed by atoms with Gasteiger partial charge in [-0.15, -0.1) is 0 Å². The maximum atomic E-state index is 12.6. The number of nitrogens with two attached hydrogens (primary N) is 1. The van der Waals surface area contributed by atoms with Gasteiger partial charge in [-0.2, -0.15) is 0 Å². The van der Waals surface area contributed by atoms with Crippen molar-refractivity contribution in [2.75, 3.05) is 5.73 Å². The van der Waals surface area contributed by atoms with Crippen molar-refractivity contribution in [2.24, 2.45) is 5.92 Å². The largest absolute Gasteiger partial charge is 0.383 e. The second-order valence-electron chi connectivity index (χ2n) is 5.13. The first kappa shape index (κ1) is 11.9. The molecule has 0 spiro atoms. The van der Waals surface area contributed by atoms with Crippen LogP contribution >= 0.6 is 0 Å². The number of hydrogen-bond donors (Lipinski definition) is 1. The molecule has 0 radical (unpaired) electrons. The molecule has 1 heterocycles. The van der Waals surface area contributed by atoms with Gasteiger partial charge in [0, 0.05) is 12.1 Å². The standard InChI is InChI=1S/C16H16N2O/c1-10-6-7-18-16(17)14(10)15(19)13-8-11-4-2-3-5-12(11)9-13/h2-7,13H,8-9H2,1H3,(H2,17,18). The van der Waals surface area contributed by atoms with Gasteiger partial charge >= 0.3 is 0 Å². The topological polar surface area (TPSA) is 56.0 Å². The Balaban J connectivity index is 1.92. The molecule has 0 aliphatic heterocycles. The van der Waals surface area contributed by atoms with Crippen LogP contribution in [0, 0.1) is 12.8 Å². The average Bonchev–Trinajstić information content (AvgIpc) is 2.82. The molecular formula is C16H16N2O. The lowest BCUT2D eigenvalue weighted by molar-refractivity contribution is 0.0924. The van der Waals surface area contributed by atoms with E-state index in [1.54, 1.807) is 6.20 Å². The number of pyridine rings is 1. The minimum atomic E-state index is 0.00241. The fraction of sp³-hybridized carbons (Fsp3) is 0.250. The molecule has 0 saturated heterocycles. The Bertz CT molecular complexity index is 604. The van der Waals surface area contributed by atoms with Gasteiger partial charge in [0.1, 0.15) is 5.82 Å². The fourth-order valence-corrected chi connectivity index (χ4v) is 2.85. The zero-order valence-corrected chi connectivity index (χ0v) is 10.9. The molecule has 3 heteroatoms. The Morgan fingerprint density at radius 3 is 2.42 bits per heavy atom. The molecule has 1 aromatic carbocycles. The predicted octanol–water partition coefficient (Wildman–Crippen LogP) is 2.57. The van der Waals surface area contributed by atoms with Gasteiger partial charge in [0.15, 0.2) is 5.78 Å². The maximum Gasteiger partial charge on any atom is 0.170 e. The molecule has 0 fully saturated rings. The van der Waals surface area contributed by atoms with E-state index >= 15 is 0 Å². The van der Waals surface area contributed by atoms with E-state index in [1.807, 2.05) is 25.1 Å². The molecule has 3 rings (SSSR count). The molecule has 3 nitrogen and oxygen atoms in total. The summed E-state index contributed by atoms with van der Waals surface area (Å²) < 4.78 is 0. The highest BCUT2D eigenvalue weighted by atomic mass is 16.1. The van der Waals surface area contributed by atoms with Crippen LogP contribution in [0.3, 0.4) is 0 Å². The zero-order valence-electron chi connectivity index (χ0n) is 10.9. The summed E-state index contributed by atoms with van der Waals surface area (Å²) in [7, 11) is 0. The number of hydrogen-bond acceptors (Lipinski definition) is 3. The summed E-state index contributed by atoms with van der Waals surface area (Å²) in [5, 5.41) is 0. The minimum absolute atomic E-state index is 0.00241. The molecule has 0 unspecified atom stereocenters. The Kier molecular flexibility index (Phi) is 2.82. The van der Waals surface area contributed by atoms with Crippen molar-refractivity contribution in [1.82, 2.24) is 4.98 Å². The second kappa shape index (κ2) is 4.50. The van der Waals surface area contributed by atoms with Crippen LogP contribution in [0.25, 0.3) is 0 Å². The Hall–Kier alpha value is -2.16. The third-order valence-corrected chi connectivity index (χ3v) is 3.86. The average molecular weight is 252 g/mol.